The fraction of sp³-hybridized carbons (Fsp3) is 1.00. The molecule has 0 aromatic carbocycles. The van der Waals surface area contributed by atoms with Crippen LogP contribution in [0.15, 0.2) is 0 Å². The van der Waals surface area contributed by atoms with Crippen molar-refractivity contribution in [2.75, 3.05) is 12.6 Å². The van der Waals surface area contributed by atoms with Gasteiger partial charge in [-0.2, -0.15) is 0 Å². The van der Waals surface area contributed by atoms with Gasteiger partial charge in [-0.05, 0) is 6.92 Å². The molecule has 1 unspecified atom stereocenters. The Morgan fingerprint density at radius 2 is 2.29 bits per heavy atom. The highest BCUT2D eigenvalue weighted by Gasteiger charge is 2.17. The lowest BCUT2D eigenvalue weighted by molar-refractivity contribution is 0.446. The van der Waals surface area contributed by atoms with Crippen molar-refractivity contribution in [3.63, 3.8) is 0 Å². The lowest BCUT2D eigenvalue weighted by Crippen LogP contribution is -2.19. The molecular weight excluding hydrogens is 229 g/mol. The molecule has 0 spiro atoms. The molecule has 0 saturated heterocycles. The van der Waals surface area contributed by atoms with Gasteiger partial charge in [-0.3, -0.25) is 0 Å². The van der Waals surface area contributed by atoms with E-state index in [1.54, 1.807) is 6.92 Å². The zero-order valence-electron chi connectivity index (χ0n) is 4.05. The van der Waals surface area contributed by atoms with Crippen LogP contribution in [0.2, 0.25) is 0 Å². The number of alkyl halides is 3. The quantitative estimate of drug-likeness (QED) is 0.510. The van der Waals surface area contributed by atoms with Crippen LogP contribution in [0.3, 0.4) is 0 Å². The predicted octanol–water partition coefficient (Wildman–Crippen LogP) is 2.39. The Kier molecular flexibility index (Phi) is 3.49. The summed E-state index contributed by atoms with van der Waals surface area (Å²) in [6.45, 7) is 1.43. The molecule has 0 aliphatic carbocycles. The second-order valence-corrected chi connectivity index (χ2v) is 4.55. The first kappa shape index (κ1) is 7.95. The maximum Gasteiger partial charge on any atom is 0.105 e. The second-order valence-electron chi connectivity index (χ2n) is 1.68. The van der Waals surface area contributed by atoms with Crippen molar-refractivity contribution in [3.8, 4) is 0 Å². The van der Waals surface area contributed by atoms with E-state index in [4.69, 9.17) is 11.6 Å². The zero-order valence-corrected chi connectivity index (χ0v) is 6.96. The van der Waals surface area contributed by atoms with E-state index >= 15 is 0 Å². The summed E-state index contributed by atoms with van der Waals surface area (Å²) in [5.41, 5.74) is 0. The van der Waals surface area contributed by atoms with E-state index < -0.39 is 0 Å². The van der Waals surface area contributed by atoms with Gasteiger partial charge in [0.2, 0.25) is 0 Å². The SMILES string of the molecule is CC(I)(CF)CCl. The topological polar surface area (TPSA) is 0 Å². The van der Waals surface area contributed by atoms with Gasteiger partial charge in [0.15, 0.2) is 0 Å². The van der Waals surface area contributed by atoms with Crippen LogP contribution in [0.5, 0.6) is 0 Å². The van der Waals surface area contributed by atoms with E-state index in [0.29, 0.717) is 5.88 Å². The molecule has 0 heterocycles. The Bertz CT molecular complexity index is 49.7. The van der Waals surface area contributed by atoms with Gasteiger partial charge < -0.3 is 0 Å². The molecule has 0 N–H and O–H groups in total. The van der Waals surface area contributed by atoms with Crippen LogP contribution in [-0.4, -0.2) is 16.0 Å². The summed E-state index contributed by atoms with van der Waals surface area (Å²) in [6.07, 6.45) is 0. The first-order valence-corrected chi connectivity index (χ1v) is 3.54. The van der Waals surface area contributed by atoms with E-state index in [0.717, 1.165) is 0 Å². The molecular formula is C4H7ClFI. The smallest absolute Gasteiger partial charge is 0.105 e. The van der Waals surface area contributed by atoms with Crippen molar-refractivity contribution in [1.29, 1.82) is 0 Å². The van der Waals surface area contributed by atoms with Crippen molar-refractivity contribution in [3.05, 3.63) is 0 Å². The molecule has 0 radical (unpaired) electrons. The Morgan fingerprint density at radius 3 is 2.29 bits per heavy atom. The number of rotatable bonds is 2. The van der Waals surface area contributed by atoms with E-state index in [2.05, 4.69) is 0 Å². The van der Waals surface area contributed by atoms with Gasteiger partial charge in [-0.1, -0.05) is 22.6 Å². The minimum Gasteiger partial charge on any atom is -0.250 e. The normalized spacial score (nSPS) is 18.9. The summed E-state index contributed by atoms with van der Waals surface area (Å²) in [5.74, 6) is 0.379. The number of hydrogen-bond acceptors (Lipinski definition) is 0. The lowest BCUT2D eigenvalue weighted by Gasteiger charge is -2.11. The van der Waals surface area contributed by atoms with Crippen molar-refractivity contribution < 1.29 is 4.39 Å². The highest BCUT2D eigenvalue weighted by atomic mass is 127. The predicted molar refractivity (Wildman–Crippen MR) is 39.1 cm³/mol. The fourth-order valence-corrected chi connectivity index (χ4v) is 0.107. The highest BCUT2D eigenvalue weighted by Crippen LogP contribution is 2.19. The molecule has 1 atom stereocenters. The van der Waals surface area contributed by atoms with Crippen molar-refractivity contribution in [2.24, 2.45) is 0 Å². The second kappa shape index (κ2) is 3.07. The third kappa shape index (κ3) is 3.53. The molecule has 0 aromatic rings. The molecule has 0 nitrogen and oxygen atoms in total. The Morgan fingerprint density at radius 1 is 1.86 bits per heavy atom. The summed E-state index contributed by atoms with van der Waals surface area (Å²) < 4.78 is 11.3. The standard InChI is InChI=1S/C4H7ClFI/c1-4(7,2-5)3-6/h2-3H2,1H3. The molecule has 3 heteroatoms. The summed E-state index contributed by atoms with van der Waals surface area (Å²) in [7, 11) is 0. The molecule has 0 aliphatic rings. The lowest BCUT2D eigenvalue weighted by atomic mass is 10.2. The van der Waals surface area contributed by atoms with Crippen LogP contribution in [0.1, 0.15) is 6.92 Å². The Hall–Kier alpha value is 0.950. The minimum atomic E-state index is -0.350. The average Bonchev–Trinajstić information content (AvgIpc) is 1.68. The van der Waals surface area contributed by atoms with Crippen molar-refractivity contribution in [2.45, 2.75) is 10.3 Å². The van der Waals surface area contributed by atoms with Crippen LogP contribution in [-0.2, 0) is 0 Å². The van der Waals surface area contributed by atoms with Gasteiger partial charge in [0.25, 0.3) is 0 Å². The third-order valence-corrected chi connectivity index (χ3v) is 2.27. The maximum absolute atomic E-state index is 11.7. The van der Waals surface area contributed by atoms with E-state index in [1.165, 1.54) is 0 Å². The summed E-state index contributed by atoms with van der Waals surface area (Å²) >= 11 is 7.34. The molecule has 0 aromatic heterocycles. The third-order valence-electron chi connectivity index (χ3n) is 0.557. The summed E-state index contributed by atoms with van der Waals surface area (Å²) in [5, 5.41) is 0. The van der Waals surface area contributed by atoms with Crippen LogP contribution < -0.4 is 0 Å². The first-order valence-electron chi connectivity index (χ1n) is 1.93. The van der Waals surface area contributed by atoms with Gasteiger partial charge in [0.05, 0.1) is 3.42 Å². The Labute approximate surface area is 61.6 Å². The van der Waals surface area contributed by atoms with Crippen molar-refractivity contribution in [1.82, 2.24) is 0 Å². The zero-order chi connectivity index (χ0) is 5.91. The van der Waals surface area contributed by atoms with Gasteiger partial charge in [0, 0.05) is 5.88 Å². The summed E-state index contributed by atoms with van der Waals surface area (Å²) in [4.78, 5) is 0. The number of halogens is 3. The van der Waals surface area contributed by atoms with Crippen LogP contribution in [0.25, 0.3) is 0 Å². The van der Waals surface area contributed by atoms with Crippen LogP contribution >= 0.6 is 34.2 Å². The van der Waals surface area contributed by atoms with Gasteiger partial charge >= 0.3 is 0 Å². The monoisotopic (exact) mass is 236 g/mol. The van der Waals surface area contributed by atoms with Gasteiger partial charge in [0.1, 0.15) is 6.67 Å². The van der Waals surface area contributed by atoms with Crippen molar-refractivity contribution >= 4 is 34.2 Å². The molecule has 7 heavy (non-hydrogen) atoms. The van der Waals surface area contributed by atoms with Gasteiger partial charge in [-0.25, -0.2) is 4.39 Å². The molecule has 0 rings (SSSR count). The van der Waals surface area contributed by atoms with Crippen LogP contribution in [0, 0.1) is 0 Å². The Balaban J connectivity index is 3.36. The molecule has 0 saturated carbocycles. The maximum atomic E-state index is 11.7. The van der Waals surface area contributed by atoms with Crippen LogP contribution in [0.4, 0.5) is 4.39 Å². The summed E-state index contributed by atoms with van der Waals surface area (Å²) in [6, 6.07) is 0. The van der Waals surface area contributed by atoms with E-state index in [-0.39, 0.29) is 10.1 Å². The molecule has 0 aliphatic heterocycles. The minimum absolute atomic E-state index is 0.348. The first-order chi connectivity index (χ1) is 3.12. The van der Waals surface area contributed by atoms with E-state index in [9.17, 15) is 4.39 Å². The number of hydrogen-bond donors (Lipinski definition) is 0. The van der Waals surface area contributed by atoms with Gasteiger partial charge in [-0.15, -0.1) is 11.6 Å². The van der Waals surface area contributed by atoms with E-state index in [1.807, 2.05) is 22.6 Å². The molecule has 0 bridgehead atoms. The highest BCUT2D eigenvalue weighted by molar-refractivity contribution is 14.1. The molecule has 0 amide bonds. The largest absolute Gasteiger partial charge is 0.250 e. The average molecular weight is 236 g/mol. The molecule has 44 valence electrons. The molecule has 0 fully saturated rings. The fourth-order valence-electron chi connectivity index (χ4n) is 0.0357.